The van der Waals surface area contributed by atoms with E-state index in [-0.39, 0.29) is 36.9 Å². The molecule has 1 aromatic rings. The lowest BCUT2D eigenvalue weighted by Crippen LogP contribution is -2.18. The summed E-state index contributed by atoms with van der Waals surface area (Å²) in [7, 11) is 0. The van der Waals surface area contributed by atoms with Crippen LogP contribution in [0, 0.1) is 0 Å². The van der Waals surface area contributed by atoms with E-state index >= 15 is 0 Å². The van der Waals surface area contributed by atoms with Gasteiger partial charge in [0, 0.05) is 12.1 Å². The van der Waals surface area contributed by atoms with Crippen LogP contribution in [-0.2, 0) is 12.8 Å². The van der Waals surface area contributed by atoms with Gasteiger partial charge in [-0.15, -0.1) is 24.8 Å². The molecule has 2 atom stereocenters. The Hall–Kier alpha value is -0.280. The van der Waals surface area contributed by atoms with Crippen LogP contribution in [0.1, 0.15) is 25.0 Å². The van der Waals surface area contributed by atoms with Crippen LogP contribution in [0.2, 0.25) is 0 Å². The molecule has 1 rings (SSSR count). The van der Waals surface area contributed by atoms with E-state index in [1.807, 2.05) is 13.8 Å². The van der Waals surface area contributed by atoms with E-state index in [4.69, 9.17) is 11.5 Å². The Labute approximate surface area is 111 Å². The molecule has 1 aromatic carbocycles. The first-order valence-electron chi connectivity index (χ1n) is 5.17. The van der Waals surface area contributed by atoms with Crippen molar-refractivity contribution in [2.24, 2.45) is 11.5 Å². The molecule has 0 spiro atoms. The lowest BCUT2D eigenvalue weighted by molar-refractivity contribution is 0.729. The molecule has 4 heteroatoms. The number of hydrogen-bond acceptors (Lipinski definition) is 2. The molecule has 2 unspecified atom stereocenters. The minimum Gasteiger partial charge on any atom is -0.328 e. The largest absolute Gasteiger partial charge is 0.328 e. The van der Waals surface area contributed by atoms with Crippen LogP contribution in [0.15, 0.2) is 24.3 Å². The highest BCUT2D eigenvalue weighted by Gasteiger charge is 2.00. The first-order valence-corrected chi connectivity index (χ1v) is 5.17. The summed E-state index contributed by atoms with van der Waals surface area (Å²) in [6, 6.07) is 9.02. The van der Waals surface area contributed by atoms with E-state index in [1.54, 1.807) is 0 Å². The number of nitrogens with two attached hydrogens (primary N) is 2. The van der Waals surface area contributed by atoms with Crippen molar-refractivity contribution in [3.8, 4) is 0 Å². The smallest absolute Gasteiger partial charge is 0.00509 e. The molecule has 2 nitrogen and oxygen atoms in total. The van der Waals surface area contributed by atoms with Gasteiger partial charge in [-0.2, -0.15) is 0 Å². The quantitative estimate of drug-likeness (QED) is 0.877. The van der Waals surface area contributed by atoms with Crippen molar-refractivity contribution in [3.05, 3.63) is 35.4 Å². The monoisotopic (exact) mass is 264 g/mol. The summed E-state index contributed by atoms with van der Waals surface area (Å²) in [6.45, 7) is 4.05. The topological polar surface area (TPSA) is 52.0 Å². The molecule has 0 bridgehead atoms. The molecule has 16 heavy (non-hydrogen) atoms. The van der Waals surface area contributed by atoms with Crippen molar-refractivity contribution in [2.75, 3.05) is 0 Å². The number of benzene rings is 1. The zero-order chi connectivity index (χ0) is 10.6. The van der Waals surface area contributed by atoms with E-state index in [2.05, 4.69) is 24.3 Å². The molecule has 4 N–H and O–H groups in total. The Morgan fingerprint density at radius 3 is 1.25 bits per heavy atom. The molecule has 0 aromatic heterocycles. The van der Waals surface area contributed by atoms with Gasteiger partial charge < -0.3 is 11.5 Å². The predicted octanol–water partition coefficient (Wildman–Crippen LogP) is 2.31. The SMILES string of the molecule is CC(N)Cc1ccc(CC(C)N)cc1.Cl.Cl. The highest BCUT2D eigenvalue weighted by atomic mass is 35.5. The Morgan fingerprint density at radius 2 is 1.06 bits per heavy atom. The zero-order valence-corrected chi connectivity index (χ0v) is 11.5. The average molecular weight is 265 g/mol. The number of rotatable bonds is 4. The van der Waals surface area contributed by atoms with Gasteiger partial charge in [0.15, 0.2) is 0 Å². The normalized spacial score (nSPS) is 13.2. The van der Waals surface area contributed by atoms with Gasteiger partial charge in [-0.1, -0.05) is 24.3 Å². The molecule has 94 valence electrons. The fraction of sp³-hybridized carbons (Fsp3) is 0.500. The fourth-order valence-corrected chi connectivity index (χ4v) is 1.55. The van der Waals surface area contributed by atoms with Gasteiger partial charge in [0.25, 0.3) is 0 Å². The third-order valence-electron chi connectivity index (χ3n) is 2.14. The Kier molecular flexibility index (Phi) is 9.98. The minimum atomic E-state index is 0. The van der Waals surface area contributed by atoms with Gasteiger partial charge in [0.1, 0.15) is 0 Å². The third kappa shape index (κ3) is 7.07. The first-order chi connectivity index (χ1) is 6.58. The summed E-state index contributed by atoms with van der Waals surface area (Å²) >= 11 is 0. The minimum absolute atomic E-state index is 0. The molecule has 0 amide bonds. The maximum Gasteiger partial charge on any atom is 0.00509 e. The van der Waals surface area contributed by atoms with Gasteiger partial charge in [-0.05, 0) is 37.8 Å². The highest BCUT2D eigenvalue weighted by molar-refractivity contribution is 5.85. The van der Waals surface area contributed by atoms with Gasteiger partial charge in [0.05, 0.1) is 0 Å². The van der Waals surface area contributed by atoms with Crippen molar-refractivity contribution >= 4 is 24.8 Å². The molecular formula is C12H22Cl2N2. The summed E-state index contributed by atoms with van der Waals surface area (Å²) in [6.07, 6.45) is 1.89. The van der Waals surface area contributed by atoms with Crippen LogP contribution < -0.4 is 11.5 Å². The Morgan fingerprint density at radius 1 is 0.812 bits per heavy atom. The zero-order valence-electron chi connectivity index (χ0n) is 9.85. The van der Waals surface area contributed by atoms with E-state index in [9.17, 15) is 0 Å². The summed E-state index contributed by atoms with van der Waals surface area (Å²) in [5, 5.41) is 0. The third-order valence-corrected chi connectivity index (χ3v) is 2.14. The molecule has 0 radical (unpaired) electrons. The van der Waals surface area contributed by atoms with Crippen molar-refractivity contribution in [2.45, 2.75) is 38.8 Å². The molecule has 0 saturated heterocycles. The van der Waals surface area contributed by atoms with Gasteiger partial charge in [-0.3, -0.25) is 0 Å². The van der Waals surface area contributed by atoms with Crippen LogP contribution >= 0.6 is 24.8 Å². The lowest BCUT2D eigenvalue weighted by atomic mass is 10.0. The van der Waals surface area contributed by atoms with Crippen LogP contribution in [0.3, 0.4) is 0 Å². The standard InChI is InChI=1S/C12H20N2.2ClH/c1-9(13)7-11-3-5-12(6-4-11)8-10(2)14;;/h3-6,9-10H,7-8,13-14H2,1-2H3;2*1H. The average Bonchev–Trinajstić information content (AvgIpc) is 2.06. The first kappa shape index (κ1) is 18.1. The highest BCUT2D eigenvalue weighted by Crippen LogP contribution is 2.07. The van der Waals surface area contributed by atoms with Crippen molar-refractivity contribution < 1.29 is 0 Å². The van der Waals surface area contributed by atoms with Gasteiger partial charge >= 0.3 is 0 Å². The van der Waals surface area contributed by atoms with E-state index in [0.29, 0.717) is 0 Å². The van der Waals surface area contributed by atoms with Crippen LogP contribution in [0.5, 0.6) is 0 Å². The molecule has 0 fully saturated rings. The van der Waals surface area contributed by atoms with E-state index in [0.717, 1.165) is 12.8 Å². The molecular weight excluding hydrogens is 243 g/mol. The molecule has 0 saturated carbocycles. The maximum absolute atomic E-state index is 5.72. The van der Waals surface area contributed by atoms with Crippen LogP contribution in [0.4, 0.5) is 0 Å². The fourth-order valence-electron chi connectivity index (χ4n) is 1.55. The maximum atomic E-state index is 5.72. The molecule has 0 aliphatic rings. The van der Waals surface area contributed by atoms with Crippen LogP contribution in [-0.4, -0.2) is 12.1 Å². The summed E-state index contributed by atoms with van der Waals surface area (Å²) < 4.78 is 0. The van der Waals surface area contributed by atoms with Gasteiger partial charge in [-0.25, -0.2) is 0 Å². The molecule has 0 heterocycles. The molecule has 0 aliphatic heterocycles. The second kappa shape index (κ2) is 8.82. The summed E-state index contributed by atoms with van der Waals surface area (Å²) in [4.78, 5) is 0. The number of hydrogen-bond donors (Lipinski definition) is 2. The summed E-state index contributed by atoms with van der Waals surface area (Å²) in [5.41, 5.74) is 14.0. The van der Waals surface area contributed by atoms with Crippen molar-refractivity contribution in [1.29, 1.82) is 0 Å². The lowest BCUT2D eigenvalue weighted by Gasteiger charge is -2.08. The second-order valence-corrected chi connectivity index (χ2v) is 4.18. The van der Waals surface area contributed by atoms with Crippen molar-refractivity contribution in [3.63, 3.8) is 0 Å². The predicted molar refractivity (Wildman–Crippen MR) is 75.6 cm³/mol. The van der Waals surface area contributed by atoms with E-state index < -0.39 is 0 Å². The van der Waals surface area contributed by atoms with Gasteiger partial charge in [0.2, 0.25) is 0 Å². The summed E-state index contributed by atoms with van der Waals surface area (Å²) in [5.74, 6) is 0. The number of halogens is 2. The molecule has 0 aliphatic carbocycles. The van der Waals surface area contributed by atoms with Crippen molar-refractivity contribution in [1.82, 2.24) is 0 Å². The van der Waals surface area contributed by atoms with Crippen LogP contribution in [0.25, 0.3) is 0 Å². The second-order valence-electron chi connectivity index (χ2n) is 4.18. The Balaban J connectivity index is 0. The Bertz CT molecular complexity index is 242. The van der Waals surface area contributed by atoms with E-state index in [1.165, 1.54) is 11.1 Å².